The Labute approximate surface area is 369 Å². The Morgan fingerprint density at radius 2 is 0.885 bits per heavy atom. The Balaban J connectivity index is 1.13. The molecule has 0 N–H and O–H groups in total. The van der Waals surface area contributed by atoms with Gasteiger partial charge in [-0.05, 0) is 89.1 Å². The molecular formula is C46H15B11N2OS. The van der Waals surface area contributed by atoms with E-state index in [1.807, 2.05) is 12.1 Å². The highest BCUT2D eigenvalue weighted by atomic mass is 32.1. The third-order valence-corrected chi connectivity index (χ3v) is 13.4. The van der Waals surface area contributed by atoms with Crippen molar-refractivity contribution in [3.8, 4) is 33.5 Å². The highest BCUT2D eigenvalue weighted by molar-refractivity contribution is 7.28. The summed E-state index contributed by atoms with van der Waals surface area (Å²) >= 11 is 1.24. The van der Waals surface area contributed by atoms with Gasteiger partial charge < -0.3 is 4.42 Å². The molecule has 3 nitrogen and oxygen atoms in total. The molecule has 0 saturated carbocycles. The molecular weight excluding hydrogens is 748 g/mol. The molecule has 0 saturated heterocycles. The molecule has 0 amide bonds. The van der Waals surface area contributed by atoms with Gasteiger partial charge in [0.15, 0.2) is 5.58 Å². The van der Waals surface area contributed by atoms with Crippen molar-refractivity contribution in [2.24, 2.45) is 0 Å². The van der Waals surface area contributed by atoms with E-state index >= 15 is 0 Å². The van der Waals surface area contributed by atoms with E-state index in [2.05, 4.69) is 77.8 Å². The molecule has 0 atom stereocenters. The van der Waals surface area contributed by atoms with Gasteiger partial charge in [-0.3, -0.25) is 0 Å². The number of aromatic nitrogens is 2. The molecule has 11 rings (SSSR count). The molecule has 11 aromatic rings. The number of hydrogen-bond donors (Lipinski definition) is 0. The summed E-state index contributed by atoms with van der Waals surface area (Å²) in [6.07, 6.45) is 1.43. The van der Waals surface area contributed by atoms with Crippen LogP contribution in [0.2, 0.25) is 0 Å². The first-order chi connectivity index (χ1) is 29.4. The van der Waals surface area contributed by atoms with Gasteiger partial charge in [-0.1, -0.05) is 105 Å². The van der Waals surface area contributed by atoms with Crippen molar-refractivity contribution >= 4 is 232 Å². The Kier molecular flexibility index (Phi) is 8.59. The van der Waals surface area contributed by atoms with Gasteiger partial charge in [-0.25, -0.2) is 9.97 Å². The predicted molar refractivity (Wildman–Crippen MR) is 270 cm³/mol. The van der Waals surface area contributed by atoms with Crippen LogP contribution in [0.5, 0.6) is 0 Å². The van der Waals surface area contributed by atoms with Gasteiger partial charge in [0.25, 0.3) is 0 Å². The van der Waals surface area contributed by atoms with Gasteiger partial charge in [0, 0.05) is 14.8 Å². The van der Waals surface area contributed by atoms with Gasteiger partial charge in [0.2, 0.25) is 0 Å². The lowest BCUT2D eigenvalue weighted by Crippen LogP contribution is -2.48. The third kappa shape index (κ3) is 5.26. The highest BCUT2D eigenvalue weighted by Crippen LogP contribution is 2.40. The smallest absolute Gasteiger partial charge is 0.180 e. The molecule has 3 aromatic heterocycles. The first kappa shape index (κ1) is 38.3. The van der Waals surface area contributed by atoms with E-state index in [4.69, 9.17) is 95.7 Å². The molecule has 0 aliphatic rings. The fourth-order valence-electron chi connectivity index (χ4n) is 9.02. The summed E-state index contributed by atoms with van der Waals surface area (Å²) in [5, 5.41) is 8.84. The fraction of sp³-hybridized carbons (Fsp3) is 0. The van der Waals surface area contributed by atoms with Gasteiger partial charge in [0.05, 0.1) is 0 Å². The Morgan fingerprint density at radius 1 is 0.393 bits per heavy atom. The van der Waals surface area contributed by atoms with Crippen molar-refractivity contribution in [2.75, 3.05) is 0 Å². The summed E-state index contributed by atoms with van der Waals surface area (Å²) in [6, 6.07) is 29.6. The maximum absolute atomic E-state index is 7.14. The minimum Gasteiger partial charge on any atom is -0.452 e. The second kappa shape index (κ2) is 13.7. The van der Waals surface area contributed by atoms with Crippen LogP contribution in [0.3, 0.4) is 0 Å². The third-order valence-electron chi connectivity index (χ3n) is 12.1. The number of rotatable bonds is 3. The van der Waals surface area contributed by atoms with Crippen LogP contribution >= 0.6 is 11.3 Å². The summed E-state index contributed by atoms with van der Waals surface area (Å²) in [7, 11) is 73.1. The normalized spacial score (nSPS) is 12.0. The average molecular weight is 763 g/mol. The number of benzene rings is 8. The van der Waals surface area contributed by atoms with Gasteiger partial charge in [-0.2, -0.15) is 0 Å². The zero-order chi connectivity index (χ0) is 42.3. The van der Waals surface area contributed by atoms with Gasteiger partial charge in [0.1, 0.15) is 109 Å². The Hall–Kier alpha value is -5.65. The number of furan rings is 1. The van der Waals surface area contributed by atoms with Crippen molar-refractivity contribution in [2.45, 2.75) is 0 Å². The van der Waals surface area contributed by atoms with Gasteiger partial charge >= 0.3 is 0 Å². The lowest BCUT2D eigenvalue weighted by molar-refractivity contribution is 0.667. The lowest BCUT2D eigenvalue weighted by Gasteiger charge is -2.25. The lowest BCUT2D eigenvalue weighted by atomic mass is 9.60. The summed E-state index contributed by atoms with van der Waals surface area (Å²) in [6.45, 7) is 0. The second-order valence-corrected chi connectivity index (χ2v) is 16.3. The number of thiophene rings is 1. The number of fused-ring (bicyclic) bond motifs is 12. The number of nitrogens with zero attached hydrogens (tertiary/aromatic N) is 2. The van der Waals surface area contributed by atoms with Crippen molar-refractivity contribution < 1.29 is 4.42 Å². The first-order valence-electron chi connectivity index (χ1n) is 19.1. The molecule has 22 radical (unpaired) electrons. The van der Waals surface area contributed by atoms with Crippen molar-refractivity contribution in [1.29, 1.82) is 0 Å². The topological polar surface area (TPSA) is 38.9 Å². The zero-order valence-corrected chi connectivity index (χ0v) is 33.0. The van der Waals surface area contributed by atoms with Crippen LogP contribution in [0.15, 0.2) is 95.7 Å². The van der Waals surface area contributed by atoms with E-state index in [9.17, 15) is 0 Å². The van der Waals surface area contributed by atoms with E-state index in [1.165, 1.54) is 44.6 Å². The van der Waals surface area contributed by atoms with E-state index < -0.39 is 0 Å². The van der Waals surface area contributed by atoms with Crippen LogP contribution in [0.1, 0.15) is 0 Å². The molecule has 8 aromatic carbocycles. The second-order valence-electron chi connectivity index (χ2n) is 15.3. The van der Waals surface area contributed by atoms with Crippen LogP contribution < -0.4 is 60.1 Å². The Morgan fingerprint density at radius 3 is 1.54 bits per heavy atom. The maximum atomic E-state index is 7.14. The molecule has 15 heteroatoms. The average Bonchev–Trinajstić information content (AvgIpc) is 3.87. The van der Waals surface area contributed by atoms with Crippen LogP contribution in [0.25, 0.3) is 108 Å². The fourth-order valence-corrected chi connectivity index (χ4v) is 10.4. The summed E-state index contributed by atoms with van der Waals surface area (Å²) < 4.78 is 7.58. The van der Waals surface area contributed by atoms with Crippen molar-refractivity contribution in [1.82, 2.24) is 9.97 Å². The summed E-state index contributed by atoms with van der Waals surface area (Å²) in [5.74, 6) is 0. The first-order valence-corrected chi connectivity index (χ1v) is 19.9. The number of hydrogen-bond acceptors (Lipinski definition) is 4. The molecule has 0 aliphatic heterocycles. The minimum absolute atomic E-state index is 0.0394. The van der Waals surface area contributed by atoms with E-state index in [0.717, 1.165) is 21.9 Å². The van der Waals surface area contributed by atoms with Gasteiger partial charge in [-0.15, -0.1) is 33.2 Å². The minimum atomic E-state index is 0.0394. The van der Waals surface area contributed by atoms with Crippen molar-refractivity contribution in [3.63, 3.8) is 0 Å². The zero-order valence-electron chi connectivity index (χ0n) is 32.2. The predicted octanol–water partition coefficient (Wildman–Crippen LogP) is -0.0637. The SMILES string of the molecule is [B]c1c([B])c(-c2ncnc3c2oc2ccc(-c4ccc5c6ccccc6c6ccccc6c5c4)cc23)c([B])c(-c2c([B])c([B])c([B])c3c2sc2c([B])c([B])c([B])c([B])c23)c1[B]. The molecule has 3 heterocycles. The molecule has 0 unspecified atom stereocenters. The largest absolute Gasteiger partial charge is 0.452 e. The van der Waals surface area contributed by atoms with Crippen LogP contribution in [-0.4, -0.2) is 96.3 Å². The van der Waals surface area contributed by atoms with Crippen LogP contribution in [0.4, 0.5) is 0 Å². The Bertz CT molecular complexity index is 3770. The van der Waals surface area contributed by atoms with Crippen LogP contribution in [0, 0.1) is 0 Å². The monoisotopic (exact) mass is 764 g/mol. The molecule has 0 spiro atoms. The molecule has 254 valence electrons. The maximum Gasteiger partial charge on any atom is 0.180 e. The standard InChI is InChI=1S/C46H15B11N2OS/c47-31-26(27-33(49)38(54)34(50)28-29-35(51)39(55)40(56)41(57)46(29)61-45(27)28)32(48)37(53)36(52)30(31)43-44-42(58-15-59-43)24-14-17(10-12-25(24)60-44)16-9-11-22-20-7-2-1-5-18(20)19-6-3-4-8-21(19)23(22)13-16/h1-15H. The van der Waals surface area contributed by atoms with Crippen molar-refractivity contribution in [3.05, 3.63) is 91.3 Å². The van der Waals surface area contributed by atoms with E-state index in [0.29, 0.717) is 48.1 Å². The molecule has 61 heavy (non-hydrogen) atoms. The highest BCUT2D eigenvalue weighted by Gasteiger charge is 2.26. The van der Waals surface area contributed by atoms with Crippen LogP contribution in [-0.2, 0) is 0 Å². The molecule has 0 aliphatic carbocycles. The summed E-state index contributed by atoms with van der Waals surface area (Å²) in [4.78, 5) is 9.36. The molecule has 0 fully saturated rings. The quantitative estimate of drug-likeness (QED) is 0.187. The van der Waals surface area contributed by atoms with E-state index in [-0.39, 0.29) is 71.2 Å². The summed E-state index contributed by atoms with van der Waals surface area (Å²) in [5.41, 5.74) is 5.90. The molecule has 0 bridgehead atoms. The van der Waals surface area contributed by atoms with E-state index in [1.54, 1.807) is 0 Å².